The first-order chi connectivity index (χ1) is 11.0. The van der Waals surface area contributed by atoms with Crippen LogP contribution in [0.5, 0.6) is 0 Å². The Balaban J connectivity index is 1.64. The molecule has 0 spiro atoms. The van der Waals surface area contributed by atoms with Crippen LogP contribution in [0.25, 0.3) is 0 Å². The van der Waals surface area contributed by atoms with Crippen LogP contribution in [0.2, 0.25) is 0 Å². The Morgan fingerprint density at radius 3 is 2.78 bits per heavy atom. The molecule has 0 N–H and O–H groups in total. The fraction of sp³-hybridized carbons (Fsp3) is 0.800. The second-order valence-electron chi connectivity index (χ2n) is 7.07. The highest BCUT2D eigenvalue weighted by atomic mass is 32.2. The van der Waals surface area contributed by atoms with Crippen molar-refractivity contribution in [3.05, 3.63) is 0 Å². The number of carbonyl (C=O) groups excluding carboxylic acids is 1. The molecule has 4 fully saturated rings. The highest BCUT2D eigenvalue weighted by Gasteiger charge is 2.54. The van der Waals surface area contributed by atoms with Crippen LogP contribution in [-0.4, -0.2) is 53.2 Å². The molecule has 4 aliphatic rings. The van der Waals surface area contributed by atoms with Crippen molar-refractivity contribution in [2.24, 2.45) is 16.8 Å². The molecule has 2 heterocycles. The highest BCUT2D eigenvalue weighted by Crippen LogP contribution is 2.51. The van der Waals surface area contributed by atoms with Crippen LogP contribution < -0.4 is 0 Å². The average molecular weight is 353 g/mol. The van der Waals surface area contributed by atoms with Gasteiger partial charge in [-0.05, 0) is 31.1 Å². The van der Waals surface area contributed by atoms with Crippen molar-refractivity contribution in [1.82, 2.24) is 4.90 Å². The van der Waals surface area contributed by atoms with Gasteiger partial charge in [0.2, 0.25) is 0 Å². The smallest absolute Gasteiger partial charge is 0.262 e. The van der Waals surface area contributed by atoms with Crippen molar-refractivity contribution in [3.63, 3.8) is 0 Å². The molecule has 4 rings (SSSR count). The molecule has 0 aromatic rings. The Hall–Kier alpha value is -1.07. The molecule has 0 unspecified atom stereocenters. The van der Waals surface area contributed by atoms with Gasteiger partial charge in [-0.25, -0.2) is 8.42 Å². The average Bonchev–Trinajstić information content (AvgIpc) is 3.18. The standard InChI is InChI=1S/C15H19N3O3S2/c16-4-3-14(19)17-15-18(11-6-9-1-2-10(11)5-9)12-7-23(20,21)8-13(12)22-15/h9-13H,1-3,5-8H2/t9-,10+,11+,12-,13+/m1/s1. The van der Waals surface area contributed by atoms with E-state index in [1.165, 1.54) is 31.0 Å². The number of thioether (sulfide) groups is 1. The molecule has 124 valence electrons. The summed E-state index contributed by atoms with van der Waals surface area (Å²) in [7, 11) is -3.00. The van der Waals surface area contributed by atoms with Crippen LogP contribution in [0.4, 0.5) is 0 Å². The van der Waals surface area contributed by atoms with Crippen LogP contribution >= 0.6 is 11.8 Å². The summed E-state index contributed by atoms with van der Waals surface area (Å²) in [5, 5.41) is 9.30. The van der Waals surface area contributed by atoms with Gasteiger partial charge in [-0.3, -0.25) is 4.79 Å². The van der Waals surface area contributed by atoms with E-state index in [4.69, 9.17) is 5.26 Å². The molecular weight excluding hydrogens is 334 g/mol. The molecule has 0 aromatic carbocycles. The quantitative estimate of drug-likeness (QED) is 0.740. The SMILES string of the molecule is N#CCC(=O)N=C1S[C@H]2CS(=O)(=O)C[C@H]2N1[C@H]1C[C@@H]2CC[C@H]1C2. The predicted octanol–water partition coefficient (Wildman–Crippen LogP) is 1.19. The van der Waals surface area contributed by atoms with E-state index in [0.29, 0.717) is 17.1 Å². The Morgan fingerprint density at radius 2 is 2.13 bits per heavy atom. The predicted molar refractivity (Wildman–Crippen MR) is 87.6 cm³/mol. The molecule has 23 heavy (non-hydrogen) atoms. The van der Waals surface area contributed by atoms with Crippen LogP contribution in [0.3, 0.4) is 0 Å². The largest absolute Gasteiger partial charge is 0.343 e. The molecule has 1 amide bonds. The van der Waals surface area contributed by atoms with Gasteiger partial charge in [0.15, 0.2) is 15.0 Å². The van der Waals surface area contributed by atoms with Crippen molar-refractivity contribution >= 4 is 32.7 Å². The van der Waals surface area contributed by atoms with E-state index in [1.54, 1.807) is 0 Å². The number of nitrogens with zero attached hydrogens (tertiary/aromatic N) is 3. The van der Waals surface area contributed by atoms with Crippen molar-refractivity contribution in [1.29, 1.82) is 5.26 Å². The molecule has 2 saturated carbocycles. The molecule has 6 nitrogen and oxygen atoms in total. The van der Waals surface area contributed by atoms with Gasteiger partial charge in [-0.1, -0.05) is 18.2 Å². The van der Waals surface area contributed by atoms with Crippen molar-refractivity contribution < 1.29 is 13.2 Å². The van der Waals surface area contributed by atoms with E-state index >= 15 is 0 Å². The topological polar surface area (TPSA) is 90.6 Å². The normalized spacial score (nSPS) is 42.1. The van der Waals surface area contributed by atoms with E-state index in [0.717, 1.165) is 12.3 Å². The van der Waals surface area contributed by atoms with Gasteiger partial charge in [0.25, 0.3) is 5.91 Å². The van der Waals surface area contributed by atoms with Gasteiger partial charge < -0.3 is 4.90 Å². The summed E-state index contributed by atoms with van der Waals surface area (Å²) in [6.45, 7) is 0. The Bertz CT molecular complexity index is 712. The molecule has 2 saturated heterocycles. The summed E-state index contributed by atoms with van der Waals surface area (Å²) in [6, 6.07) is 2.10. The number of amides is 1. The molecule has 2 bridgehead atoms. The Kier molecular flexibility index (Phi) is 3.69. The van der Waals surface area contributed by atoms with E-state index in [9.17, 15) is 13.2 Å². The third-order valence-corrected chi connectivity index (χ3v) is 8.84. The first-order valence-electron chi connectivity index (χ1n) is 8.11. The van der Waals surface area contributed by atoms with Gasteiger partial charge in [-0.2, -0.15) is 10.3 Å². The number of fused-ring (bicyclic) bond motifs is 3. The number of hydrogen-bond acceptors (Lipinski definition) is 5. The van der Waals surface area contributed by atoms with Crippen LogP contribution in [0.1, 0.15) is 32.1 Å². The molecule has 2 aliphatic carbocycles. The lowest BCUT2D eigenvalue weighted by Gasteiger charge is -2.36. The first kappa shape index (κ1) is 15.5. The minimum Gasteiger partial charge on any atom is -0.343 e. The fourth-order valence-electron chi connectivity index (χ4n) is 4.74. The lowest BCUT2D eigenvalue weighted by atomic mass is 9.93. The number of hydrogen-bond donors (Lipinski definition) is 0. The second kappa shape index (κ2) is 5.49. The van der Waals surface area contributed by atoms with Crippen molar-refractivity contribution in [3.8, 4) is 6.07 Å². The number of aliphatic imine (C=N–C) groups is 1. The third-order valence-electron chi connectivity index (χ3n) is 5.62. The lowest BCUT2D eigenvalue weighted by Crippen LogP contribution is -2.47. The van der Waals surface area contributed by atoms with Crippen LogP contribution in [-0.2, 0) is 14.6 Å². The minimum atomic E-state index is -3.00. The molecule has 8 heteroatoms. The molecule has 2 aliphatic heterocycles. The van der Waals surface area contributed by atoms with Gasteiger partial charge in [0, 0.05) is 11.3 Å². The first-order valence-corrected chi connectivity index (χ1v) is 10.8. The monoisotopic (exact) mass is 353 g/mol. The van der Waals surface area contributed by atoms with E-state index in [2.05, 4.69) is 9.89 Å². The Labute approximate surface area is 140 Å². The molecule has 0 radical (unpaired) electrons. The highest BCUT2D eigenvalue weighted by molar-refractivity contribution is 8.15. The number of amidine groups is 1. The molecule has 5 atom stereocenters. The third kappa shape index (κ3) is 2.68. The van der Waals surface area contributed by atoms with E-state index < -0.39 is 15.7 Å². The van der Waals surface area contributed by atoms with Crippen LogP contribution in [0, 0.1) is 23.2 Å². The summed E-state index contributed by atoms with van der Waals surface area (Å²) in [5.41, 5.74) is 0. The number of nitriles is 1. The molecular formula is C15H19N3O3S2. The van der Waals surface area contributed by atoms with Gasteiger partial charge in [0.1, 0.15) is 6.42 Å². The maximum Gasteiger partial charge on any atom is 0.262 e. The summed E-state index contributed by atoms with van der Waals surface area (Å²) < 4.78 is 24.0. The number of rotatable bonds is 2. The van der Waals surface area contributed by atoms with Gasteiger partial charge in [0.05, 0.1) is 23.6 Å². The maximum absolute atomic E-state index is 12.0. The summed E-state index contributed by atoms with van der Waals surface area (Å²) in [4.78, 5) is 18.1. The lowest BCUT2D eigenvalue weighted by molar-refractivity contribution is -0.116. The maximum atomic E-state index is 12.0. The van der Waals surface area contributed by atoms with E-state index in [-0.39, 0.29) is 29.2 Å². The fourth-order valence-corrected chi connectivity index (χ4v) is 8.73. The van der Waals surface area contributed by atoms with E-state index in [1.807, 2.05) is 6.07 Å². The zero-order valence-electron chi connectivity index (χ0n) is 12.7. The van der Waals surface area contributed by atoms with Crippen LogP contribution in [0.15, 0.2) is 4.99 Å². The van der Waals surface area contributed by atoms with Gasteiger partial charge >= 0.3 is 0 Å². The zero-order chi connectivity index (χ0) is 16.2. The molecule has 0 aromatic heterocycles. The summed E-state index contributed by atoms with van der Waals surface area (Å²) in [5.74, 6) is 1.25. The van der Waals surface area contributed by atoms with Gasteiger partial charge in [-0.15, -0.1) is 0 Å². The summed E-state index contributed by atoms with van der Waals surface area (Å²) >= 11 is 1.43. The van der Waals surface area contributed by atoms with Crippen molar-refractivity contribution in [2.75, 3.05) is 11.5 Å². The zero-order valence-corrected chi connectivity index (χ0v) is 14.4. The summed E-state index contributed by atoms with van der Waals surface area (Å²) in [6.07, 6.45) is 4.55. The number of sulfone groups is 1. The minimum absolute atomic E-state index is 0.0206. The van der Waals surface area contributed by atoms with Crippen molar-refractivity contribution in [2.45, 2.75) is 49.4 Å². The second-order valence-corrected chi connectivity index (χ2v) is 10.4. The number of carbonyl (C=O) groups is 1. The Morgan fingerprint density at radius 1 is 1.30 bits per heavy atom.